The molecule has 0 N–H and O–H groups in total. The summed E-state index contributed by atoms with van der Waals surface area (Å²) >= 11 is 5.52. The fourth-order valence-electron chi connectivity index (χ4n) is 1.99. The highest BCUT2D eigenvalue weighted by atomic mass is 35.5. The van der Waals surface area contributed by atoms with Gasteiger partial charge in [0.15, 0.2) is 6.10 Å². The summed E-state index contributed by atoms with van der Waals surface area (Å²) in [6, 6.07) is 2.81. The predicted molar refractivity (Wildman–Crippen MR) is 79.4 cm³/mol. The zero-order valence-electron chi connectivity index (χ0n) is 11.7. The molecule has 1 aromatic carbocycles. The molecule has 1 fully saturated rings. The molecule has 0 radical (unpaired) electrons. The molecule has 0 aliphatic carbocycles. The lowest BCUT2D eigenvalue weighted by atomic mass is 10.2. The van der Waals surface area contributed by atoms with Crippen molar-refractivity contribution >= 4 is 44.8 Å². The number of halogens is 5. The normalized spacial score (nSPS) is 18.9. The topological polar surface area (TPSA) is 63.7 Å². The van der Waals surface area contributed by atoms with Crippen molar-refractivity contribution in [1.82, 2.24) is 0 Å². The van der Waals surface area contributed by atoms with E-state index < -0.39 is 38.3 Å². The number of carbonyl (C=O) groups is 1. The monoisotopic (exact) mass is 407 g/mol. The van der Waals surface area contributed by atoms with Gasteiger partial charge in [0.1, 0.15) is 6.73 Å². The van der Waals surface area contributed by atoms with Crippen LogP contribution < -0.4 is 4.90 Å². The van der Waals surface area contributed by atoms with E-state index in [9.17, 15) is 30.8 Å². The zero-order chi connectivity index (χ0) is 18.1. The van der Waals surface area contributed by atoms with Crippen LogP contribution in [0, 0.1) is 0 Å². The maximum Gasteiger partial charge on any atom is 0.341 e. The Morgan fingerprint density at radius 3 is 2.50 bits per heavy atom. The number of anilines is 1. The molecule has 1 aromatic rings. The fourth-order valence-corrected chi connectivity index (χ4v) is 3.78. The molecule has 134 valence electrons. The van der Waals surface area contributed by atoms with Crippen molar-refractivity contribution in [3.8, 4) is 0 Å². The Labute approximate surface area is 143 Å². The number of sulfone groups is 1. The first-order valence-electron chi connectivity index (χ1n) is 6.28. The molecule has 1 aliphatic rings. The molecule has 0 aromatic heterocycles. The summed E-state index contributed by atoms with van der Waals surface area (Å²) in [5.74, 6) is -7.54. The number of hydrogen-bond donors (Lipinski definition) is 0. The molecular weight excluding hydrogens is 398 g/mol. The van der Waals surface area contributed by atoms with Gasteiger partial charge in [0, 0.05) is 4.90 Å². The number of rotatable bonds is 6. The molecule has 12 heteroatoms. The number of alkyl halides is 5. The molecule has 0 spiro atoms. The van der Waals surface area contributed by atoms with Gasteiger partial charge in [-0.25, -0.2) is 8.42 Å². The predicted octanol–water partition coefficient (Wildman–Crippen LogP) is 2.93. The van der Waals surface area contributed by atoms with Gasteiger partial charge in [-0.1, -0.05) is 11.8 Å². The van der Waals surface area contributed by atoms with Crippen molar-refractivity contribution in [3.05, 3.63) is 18.2 Å². The molecule has 0 bridgehead atoms. The molecule has 5 nitrogen and oxygen atoms in total. The van der Waals surface area contributed by atoms with Crippen molar-refractivity contribution in [1.29, 1.82) is 0 Å². The highest BCUT2D eigenvalue weighted by Crippen LogP contribution is 2.36. The third-order valence-corrected chi connectivity index (χ3v) is 5.47. The Hall–Kier alpha value is -1.04. The SMILES string of the molecule is O=C1C(CCl)OCN1c1ccc(SC(F)F)cc1S(=O)(=O)C(F)F. The maximum absolute atomic E-state index is 12.9. The Bertz CT molecular complexity index is 732. The van der Waals surface area contributed by atoms with E-state index in [0.29, 0.717) is 6.07 Å². The summed E-state index contributed by atoms with van der Waals surface area (Å²) in [6.07, 6.45) is -1.04. The quantitative estimate of drug-likeness (QED) is 0.412. The van der Waals surface area contributed by atoms with Crippen molar-refractivity contribution in [3.63, 3.8) is 0 Å². The average Bonchev–Trinajstić information content (AvgIpc) is 2.87. The van der Waals surface area contributed by atoms with Gasteiger partial charge in [-0.15, -0.1) is 11.6 Å². The van der Waals surface area contributed by atoms with E-state index in [1.54, 1.807) is 0 Å². The first-order valence-corrected chi connectivity index (χ1v) is 9.24. The minimum Gasteiger partial charge on any atom is -0.346 e. The van der Waals surface area contributed by atoms with E-state index in [2.05, 4.69) is 0 Å². The van der Waals surface area contributed by atoms with E-state index in [4.69, 9.17) is 16.3 Å². The third kappa shape index (κ3) is 3.79. The van der Waals surface area contributed by atoms with Crippen LogP contribution in [0.3, 0.4) is 0 Å². The van der Waals surface area contributed by atoms with E-state index in [0.717, 1.165) is 17.0 Å². The molecular formula is C12H10ClF4NO4S2. The lowest BCUT2D eigenvalue weighted by Crippen LogP contribution is -2.31. The first-order chi connectivity index (χ1) is 11.2. The molecule has 1 unspecified atom stereocenters. The number of ether oxygens (including phenoxy) is 1. The largest absolute Gasteiger partial charge is 0.346 e. The van der Waals surface area contributed by atoms with Crippen LogP contribution in [0.25, 0.3) is 0 Å². The average molecular weight is 408 g/mol. The molecule has 1 aliphatic heterocycles. The van der Waals surface area contributed by atoms with Crippen LogP contribution in [0.5, 0.6) is 0 Å². The fraction of sp³-hybridized carbons (Fsp3) is 0.417. The molecule has 1 atom stereocenters. The minimum absolute atomic E-state index is 0.000969. The minimum atomic E-state index is -5.12. The first kappa shape index (κ1) is 19.3. The molecule has 1 saturated heterocycles. The summed E-state index contributed by atoms with van der Waals surface area (Å²) in [7, 11) is -5.12. The second kappa shape index (κ2) is 7.46. The summed E-state index contributed by atoms with van der Waals surface area (Å²) < 4.78 is 79.4. The zero-order valence-corrected chi connectivity index (χ0v) is 14.1. The molecule has 1 amide bonds. The second-order valence-electron chi connectivity index (χ2n) is 4.52. The number of benzene rings is 1. The van der Waals surface area contributed by atoms with Crippen molar-refractivity contribution in [2.75, 3.05) is 17.5 Å². The Morgan fingerprint density at radius 2 is 2.00 bits per heavy atom. The number of thioether (sulfide) groups is 1. The highest BCUT2D eigenvalue weighted by Gasteiger charge is 2.38. The maximum atomic E-state index is 12.9. The van der Waals surface area contributed by atoms with Crippen LogP contribution in [0.15, 0.2) is 28.0 Å². The standard InChI is InChI=1S/C12H10ClF4NO4S2/c13-4-8-10(19)18(5-22-8)7-2-1-6(23-11(14)15)3-9(7)24(20,21)12(16)17/h1-3,8,11-12H,4-5H2. The van der Waals surface area contributed by atoms with Gasteiger partial charge >= 0.3 is 5.76 Å². The van der Waals surface area contributed by atoms with E-state index in [1.165, 1.54) is 0 Å². The van der Waals surface area contributed by atoms with Crippen LogP contribution in [-0.2, 0) is 19.4 Å². The van der Waals surface area contributed by atoms with Gasteiger partial charge in [0.25, 0.3) is 11.7 Å². The Morgan fingerprint density at radius 1 is 1.33 bits per heavy atom. The van der Waals surface area contributed by atoms with Crippen LogP contribution in [0.4, 0.5) is 23.2 Å². The Kier molecular flexibility index (Phi) is 6.00. The number of carbonyl (C=O) groups excluding carboxylic acids is 1. The summed E-state index contributed by atoms with van der Waals surface area (Å²) in [5.41, 5.74) is -0.369. The summed E-state index contributed by atoms with van der Waals surface area (Å²) in [5, 5.41) is 0. The summed E-state index contributed by atoms with van der Waals surface area (Å²) in [4.78, 5) is 11.7. The summed E-state index contributed by atoms with van der Waals surface area (Å²) in [6.45, 7) is -0.386. The smallest absolute Gasteiger partial charge is 0.341 e. The van der Waals surface area contributed by atoms with Crippen molar-refractivity contribution < 1.29 is 35.5 Å². The second-order valence-corrected chi connectivity index (χ2v) is 7.78. The van der Waals surface area contributed by atoms with Gasteiger partial charge in [-0.3, -0.25) is 9.69 Å². The van der Waals surface area contributed by atoms with Gasteiger partial charge in [0.05, 0.1) is 16.5 Å². The van der Waals surface area contributed by atoms with Crippen LogP contribution in [0.1, 0.15) is 0 Å². The van der Waals surface area contributed by atoms with Crippen LogP contribution in [0.2, 0.25) is 0 Å². The third-order valence-electron chi connectivity index (χ3n) is 3.07. The van der Waals surface area contributed by atoms with E-state index >= 15 is 0 Å². The molecule has 2 rings (SSSR count). The van der Waals surface area contributed by atoms with Crippen LogP contribution >= 0.6 is 23.4 Å². The van der Waals surface area contributed by atoms with Crippen molar-refractivity contribution in [2.24, 2.45) is 0 Å². The molecule has 0 saturated carbocycles. The van der Waals surface area contributed by atoms with Crippen molar-refractivity contribution in [2.45, 2.75) is 27.4 Å². The molecule has 24 heavy (non-hydrogen) atoms. The Balaban J connectivity index is 2.53. The van der Waals surface area contributed by atoms with Gasteiger partial charge < -0.3 is 4.74 Å². The number of nitrogens with zero attached hydrogens (tertiary/aromatic N) is 1. The lowest BCUT2D eigenvalue weighted by molar-refractivity contribution is -0.121. The highest BCUT2D eigenvalue weighted by molar-refractivity contribution is 7.99. The van der Waals surface area contributed by atoms with E-state index in [1.807, 2.05) is 0 Å². The van der Waals surface area contributed by atoms with Gasteiger partial charge in [-0.2, -0.15) is 17.6 Å². The van der Waals surface area contributed by atoms with Gasteiger partial charge in [-0.05, 0) is 18.2 Å². The van der Waals surface area contributed by atoms with Gasteiger partial charge in [0.2, 0.25) is 9.84 Å². The number of amides is 1. The van der Waals surface area contributed by atoms with Crippen LogP contribution in [-0.4, -0.2) is 44.6 Å². The lowest BCUT2D eigenvalue weighted by Gasteiger charge is -2.19. The molecule has 1 heterocycles. The van der Waals surface area contributed by atoms with E-state index in [-0.39, 0.29) is 35.0 Å². The number of hydrogen-bond acceptors (Lipinski definition) is 5.